The standard InChI is InChI=1S/C15H22N4O3/c1-2-7-17-8-4-9-18(11-10-17)15(20)14-12(16)5-3-6-13(14)19(21)22/h3,5-6H,2,4,7-11,16H2,1H3. The van der Waals surface area contributed by atoms with Crippen LogP contribution < -0.4 is 5.73 Å². The van der Waals surface area contributed by atoms with Crippen molar-refractivity contribution in [1.29, 1.82) is 0 Å². The average molecular weight is 306 g/mol. The summed E-state index contributed by atoms with van der Waals surface area (Å²) >= 11 is 0. The minimum absolute atomic E-state index is 0.0106. The molecule has 1 aromatic rings. The molecule has 1 heterocycles. The average Bonchev–Trinajstić information content (AvgIpc) is 2.72. The van der Waals surface area contributed by atoms with Crippen molar-refractivity contribution in [3.05, 3.63) is 33.9 Å². The third-order valence-electron chi connectivity index (χ3n) is 3.90. The van der Waals surface area contributed by atoms with Crippen LogP contribution in [0.5, 0.6) is 0 Å². The molecule has 120 valence electrons. The van der Waals surface area contributed by atoms with E-state index in [1.807, 2.05) is 0 Å². The van der Waals surface area contributed by atoms with Crippen LogP contribution in [0.2, 0.25) is 0 Å². The molecule has 1 aliphatic rings. The van der Waals surface area contributed by atoms with Crippen molar-refractivity contribution in [3.63, 3.8) is 0 Å². The lowest BCUT2D eigenvalue weighted by Gasteiger charge is -2.22. The van der Waals surface area contributed by atoms with Crippen LogP contribution in [0.1, 0.15) is 30.1 Å². The number of anilines is 1. The molecule has 0 bridgehead atoms. The van der Waals surface area contributed by atoms with E-state index in [1.54, 1.807) is 4.90 Å². The number of nitrogen functional groups attached to an aromatic ring is 1. The molecule has 1 aromatic carbocycles. The van der Waals surface area contributed by atoms with E-state index in [1.165, 1.54) is 18.2 Å². The summed E-state index contributed by atoms with van der Waals surface area (Å²) in [6.45, 7) is 6.05. The van der Waals surface area contributed by atoms with Crippen LogP contribution in [0.3, 0.4) is 0 Å². The molecule has 1 aliphatic heterocycles. The van der Waals surface area contributed by atoms with Crippen molar-refractivity contribution in [2.24, 2.45) is 0 Å². The molecule has 0 spiro atoms. The number of nitro benzene ring substituents is 1. The molecule has 0 atom stereocenters. The predicted molar refractivity (Wildman–Crippen MR) is 84.8 cm³/mol. The van der Waals surface area contributed by atoms with Crippen LogP contribution in [-0.4, -0.2) is 53.4 Å². The zero-order valence-corrected chi connectivity index (χ0v) is 12.8. The van der Waals surface area contributed by atoms with Gasteiger partial charge in [0.2, 0.25) is 0 Å². The maximum atomic E-state index is 12.7. The fourth-order valence-electron chi connectivity index (χ4n) is 2.81. The highest BCUT2D eigenvalue weighted by Gasteiger charge is 2.28. The number of nitrogens with zero attached hydrogens (tertiary/aromatic N) is 3. The maximum Gasteiger partial charge on any atom is 0.284 e. The van der Waals surface area contributed by atoms with Gasteiger partial charge < -0.3 is 15.5 Å². The predicted octanol–water partition coefficient (Wildman–Crippen LogP) is 1.73. The largest absolute Gasteiger partial charge is 0.398 e. The van der Waals surface area contributed by atoms with E-state index >= 15 is 0 Å². The summed E-state index contributed by atoms with van der Waals surface area (Å²) in [5, 5.41) is 11.1. The Morgan fingerprint density at radius 3 is 2.77 bits per heavy atom. The third-order valence-corrected chi connectivity index (χ3v) is 3.90. The van der Waals surface area contributed by atoms with Gasteiger partial charge in [0.05, 0.1) is 10.6 Å². The molecule has 7 nitrogen and oxygen atoms in total. The first-order valence-electron chi connectivity index (χ1n) is 7.59. The van der Waals surface area contributed by atoms with Crippen molar-refractivity contribution in [2.45, 2.75) is 19.8 Å². The van der Waals surface area contributed by atoms with E-state index in [0.29, 0.717) is 13.1 Å². The van der Waals surface area contributed by atoms with E-state index in [4.69, 9.17) is 5.73 Å². The Labute approximate surface area is 129 Å². The van der Waals surface area contributed by atoms with Gasteiger partial charge in [-0.25, -0.2) is 0 Å². The third kappa shape index (κ3) is 3.54. The van der Waals surface area contributed by atoms with E-state index in [0.717, 1.165) is 32.5 Å². The highest BCUT2D eigenvalue weighted by Crippen LogP contribution is 2.26. The molecule has 2 N–H and O–H groups in total. The van der Waals surface area contributed by atoms with Gasteiger partial charge in [-0.3, -0.25) is 14.9 Å². The molecule has 1 amide bonds. The normalized spacial score (nSPS) is 16.3. The van der Waals surface area contributed by atoms with Crippen LogP contribution in [0.4, 0.5) is 11.4 Å². The van der Waals surface area contributed by atoms with Crippen molar-refractivity contribution < 1.29 is 9.72 Å². The summed E-state index contributed by atoms with van der Waals surface area (Å²) in [7, 11) is 0. The molecule has 0 aliphatic carbocycles. The van der Waals surface area contributed by atoms with E-state index < -0.39 is 4.92 Å². The van der Waals surface area contributed by atoms with Crippen molar-refractivity contribution in [3.8, 4) is 0 Å². The molecule has 7 heteroatoms. The van der Waals surface area contributed by atoms with Crippen LogP contribution in [0.15, 0.2) is 18.2 Å². The second kappa shape index (κ2) is 7.22. The van der Waals surface area contributed by atoms with Gasteiger partial charge in [-0.2, -0.15) is 0 Å². The summed E-state index contributed by atoms with van der Waals surface area (Å²) in [4.78, 5) is 27.3. The van der Waals surface area contributed by atoms with Crippen molar-refractivity contribution >= 4 is 17.3 Å². The number of carbonyl (C=O) groups excluding carboxylic acids is 1. The number of rotatable bonds is 4. The number of nitro groups is 1. The number of carbonyl (C=O) groups is 1. The van der Waals surface area contributed by atoms with Gasteiger partial charge in [0, 0.05) is 25.7 Å². The Morgan fingerprint density at radius 1 is 1.32 bits per heavy atom. The zero-order valence-electron chi connectivity index (χ0n) is 12.8. The molecule has 2 rings (SSSR count). The van der Waals surface area contributed by atoms with Crippen LogP contribution >= 0.6 is 0 Å². The van der Waals surface area contributed by atoms with Gasteiger partial charge in [-0.1, -0.05) is 13.0 Å². The molecule has 1 fully saturated rings. The quantitative estimate of drug-likeness (QED) is 0.519. The second-order valence-corrected chi connectivity index (χ2v) is 5.49. The lowest BCUT2D eigenvalue weighted by atomic mass is 10.1. The Hall–Kier alpha value is -2.15. The van der Waals surface area contributed by atoms with E-state index in [9.17, 15) is 14.9 Å². The molecule has 1 saturated heterocycles. The molecular formula is C15H22N4O3. The summed E-state index contributed by atoms with van der Waals surface area (Å²) < 4.78 is 0. The Kier molecular flexibility index (Phi) is 5.32. The lowest BCUT2D eigenvalue weighted by molar-refractivity contribution is -0.385. The number of amides is 1. The highest BCUT2D eigenvalue weighted by molar-refractivity contribution is 6.03. The van der Waals surface area contributed by atoms with Gasteiger partial charge in [-0.15, -0.1) is 0 Å². The number of hydrogen-bond acceptors (Lipinski definition) is 5. The van der Waals surface area contributed by atoms with Gasteiger partial charge in [-0.05, 0) is 32.0 Å². The first kappa shape index (κ1) is 16.2. The maximum absolute atomic E-state index is 12.7. The molecule has 22 heavy (non-hydrogen) atoms. The van der Waals surface area contributed by atoms with Gasteiger partial charge >= 0.3 is 0 Å². The Bertz CT molecular complexity index is 562. The number of benzene rings is 1. The SMILES string of the molecule is CCCN1CCCN(C(=O)c2c(N)cccc2[N+](=O)[O-])CC1. The summed E-state index contributed by atoms with van der Waals surface area (Å²) in [6, 6.07) is 4.35. The summed E-state index contributed by atoms with van der Waals surface area (Å²) in [5.41, 5.74) is 5.77. The highest BCUT2D eigenvalue weighted by atomic mass is 16.6. The monoisotopic (exact) mass is 306 g/mol. The Morgan fingerprint density at radius 2 is 2.09 bits per heavy atom. The molecule has 0 radical (unpaired) electrons. The van der Waals surface area contributed by atoms with Crippen molar-refractivity contribution in [1.82, 2.24) is 9.80 Å². The van der Waals surface area contributed by atoms with E-state index in [-0.39, 0.29) is 22.8 Å². The molecule has 0 aromatic heterocycles. The second-order valence-electron chi connectivity index (χ2n) is 5.49. The first-order valence-corrected chi connectivity index (χ1v) is 7.59. The molecular weight excluding hydrogens is 284 g/mol. The van der Waals surface area contributed by atoms with Gasteiger partial charge in [0.15, 0.2) is 0 Å². The topological polar surface area (TPSA) is 92.7 Å². The zero-order chi connectivity index (χ0) is 16.1. The smallest absolute Gasteiger partial charge is 0.284 e. The Balaban J connectivity index is 2.20. The summed E-state index contributed by atoms with van der Waals surface area (Å²) in [6.07, 6.45) is 1.94. The van der Waals surface area contributed by atoms with Crippen LogP contribution in [0, 0.1) is 10.1 Å². The van der Waals surface area contributed by atoms with Crippen LogP contribution in [0.25, 0.3) is 0 Å². The summed E-state index contributed by atoms with van der Waals surface area (Å²) in [5.74, 6) is -0.344. The van der Waals surface area contributed by atoms with Gasteiger partial charge in [0.1, 0.15) is 5.56 Å². The fourth-order valence-corrected chi connectivity index (χ4v) is 2.81. The van der Waals surface area contributed by atoms with E-state index in [2.05, 4.69) is 11.8 Å². The minimum atomic E-state index is -0.551. The van der Waals surface area contributed by atoms with Crippen molar-refractivity contribution in [2.75, 3.05) is 38.5 Å². The minimum Gasteiger partial charge on any atom is -0.398 e. The molecule has 0 unspecified atom stereocenters. The fraction of sp³-hybridized carbons (Fsp3) is 0.533. The van der Waals surface area contributed by atoms with Crippen LogP contribution in [-0.2, 0) is 0 Å². The lowest BCUT2D eigenvalue weighted by Crippen LogP contribution is -2.36. The number of hydrogen-bond donors (Lipinski definition) is 1. The first-order chi connectivity index (χ1) is 10.5. The van der Waals surface area contributed by atoms with Gasteiger partial charge in [0.25, 0.3) is 11.6 Å². The number of nitrogens with two attached hydrogens (primary N) is 1. The molecule has 0 saturated carbocycles.